The van der Waals surface area contributed by atoms with E-state index in [-0.39, 0.29) is 12.8 Å². The smallest absolute Gasteiger partial charge is 0.249 e. The Morgan fingerprint density at radius 2 is 1.36 bits per heavy atom. The molecule has 9 unspecified atom stereocenters. The first-order valence-electron chi connectivity index (χ1n) is 17.1. The number of amides is 1. The number of unbranched alkanes of at least 4 members (excludes halogenated alkanes) is 12. The summed E-state index contributed by atoms with van der Waals surface area (Å²) in [6.45, 7) is 3.23. The van der Waals surface area contributed by atoms with Crippen molar-refractivity contribution in [3.8, 4) is 0 Å². The van der Waals surface area contributed by atoms with Crippen LogP contribution in [-0.2, 0) is 14.3 Å². The third-order valence-corrected chi connectivity index (χ3v) is 8.30. The van der Waals surface area contributed by atoms with Gasteiger partial charge in [0.25, 0.3) is 0 Å². The number of carbonyl (C=O) groups is 1. The second kappa shape index (κ2) is 25.0. The van der Waals surface area contributed by atoms with Crippen LogP contribution in [0.1, 0.15) is 123 Å². The molecule has 9 atom stereocenters. The van der Waals surface area contributed by atoms with Crippen LogP contribution in [-0.4, -0.2) is 110 Å². The largest absolute Gasteiger partial charge is 0.394 e. The van der Waals surface area contributed by atoms with Crippen molar-refractivity contribution in [1.29, 1.82) is 0 Å². The van der Waals surface area contributed by atoms with Crippen LogP contribution < -0.4 is 5.32 Å². The van der Waals surface area contributed by atoms with Crippen LogP contribution in [0.4, 0.5) is 0 Å². The molecule has 8 N–H and O–H groups in total. The number of hydrogen-bond donors (Lipinski definition) is 8. The molecule has 0 aromatic rings. The second-order valence-electron chi connectivity index (χ2n) is 12.2. The van der Waals surface area contributed by atoms with Gasteiger partial charge in [-0.1, -0.05) is 103 Å². The van der Waals surface area contributed by atoms with Gasteiger partial charge in [0, 0.05) is 0 Å². The van der Waals surface area contributed by atoms with Gasteiger partial charge in [-0.15, -0.1) is 0 Å². The molecule has 11 heteroatoms. The molecule has 1 aliphatic rings. The van der Waals surface area contributed by atoms with Crippen LogP contribution in [0.25, 0.3) is 0 Å². The van der Waals surface area contributed by atoms with Crippen LogP contribution in [0.3, 0.4) is 0 Å². The summed E-state index contributed by atoms with van der Waals surface area (Å²) in [5.41, 5.74) is 0. The number of rotatable bonds is 26. The topological polar surface area (TPSA) is 189 Å². The predicted molar refractivity (Wildman–Crippen MR) is 169 cm³/mol. The number of ether oxygens (including phenoxy) is 2. The molecule has 11 nitrogen and oxygen atoms in total. The molecular formula is C33H63NO10. The zero-order valence-electron chi connectivity index (χ0n) is 27.1. The van der Waals surface area contributed by atoms with E-state index in [9.17, 15) is 40.5 Å². The van der Waals surface area contributed by atoms with E-state index in [1.807, 2.05) is 6.08 Å². The average Bonchev–Trinajstić information content (AvgIpc) is 3.02. The van der Waals surface area contributed by atoms with E-state index in [2.05, 4.69) is 25.2 Å². The van der Waals surface area contributed by atoms with E-state index in [1.54, 1.807) is 0 Å². The number of aliphatic hydroxyl groups excluding tert-OH is 7. The SMILES string of the molecule is CCC/C=C/CCCC(O)C(O)C(COC1OC(CO)C(O)C(O)C1O)NC(=O)C(O)CCCCCCCCCCCCC. The van der Waals surface area contributed by atoms with Crippen LogP contribution in [0.5, 0.6) is 0 Å². The number of hydrogen-bond acceptors (Lipinski definition) is 10. The lowest BCUT2D eigenvalue weighted by atomic mass is 9.98. The number of aliphatic hydroxyl groups is 7. The van der Waals surface area contributed by atoms with Crippen molar-refractivity contribution >= 4 is 5.91 Å². The van der Waals surface area contributed by atoms with Crippen LogP contribution >= 0.6 is 0 Å². The summed E-state index contributed by atoms with van der Waals surface area (Å²) in [6.07, 6.45) is 9.05. The summed E-state index contributed by atoms with van der Waals surface area (Å²) < 4.78 is 10.9. The minimum absolute atomic E-state index is 0.255. The molecule has 1 rings (SSSR count). The lowest BCUT2D eigenvalue weighted by Crippen LogP contribution is -2.60. The molecule has 260 valence electrons. The van der Waals surface area contributed by atoms with Crippen LogP contribution in [0, 0.1) is 0 Å². The summed E-state index contributed by atoms with van der Waals surface area (Å²) in [5.74, 6) is -0.715. The first-order valence-corrected chi connectivity index (χ1v) is 17.1. The summed E-state index contributed by atoms with van der Waals surface area (Å²) in [5, 5.41) is 74.5. The highest BCUT2D eigenvalue weighted by atomic mass is 16.7. The maximum absolute atomic E-state index is 12.9. The number of nitrogens with one attached hydrogen (secondary N) is 1. The maximum Gasteiger partial charge on any atom is 0.249 e. The van der Waals surface area contributed by atoms with Gasteiger partial charge in [0.15, 0.2) is 6.29 Å². The monoisotopic (exact) mass is 633 g/mol. The highest BCUT2D eigenvalue weighted by Gasteiger charge is 2.44. The summed E-state index contributed by atoms with van der Waals surface area (Å²) in [6, 6.07) is -1.17. The van der Waals surface area contributed by atoms with Crippen molar-refractivity contribution in [3.05, 3.63) is 12.2 Å². The fourth-order valence-electron chi connectivity index (χ4n) is 5.33. The fraction of sp³-hybridized carbons (Fsp3) is 0.909. The van der Waals surface area contributed by atoms with E-state index in [0.717, 1.165) is 38.5 Å². The van der Waals surface area contributed by atoms with Crippen molar-refractivity contribution < 1.29 is 50.0 Å². The Labute approximate surface area is 264 Å². The maximum atomic E-state index is 12.9. The zero-order chi connectivity index (χ0) is 32.7. The lowest BCUT2D eigenvalue weighted by molar-refractivity contribution is -0.303. The molecule has 1 amide bonds. The Hall–Kier alpha value is -1.15. The molecule has 1 heterocycles. The van der Waals surface area contributed by atoms with Gasteiger partial charge in [0.2, 0.25) is 5.91 Å². The molecular weight excluding hydrogens is 570 g/mol. The van der Waals surface area contributed by atoms with Crippen molar-refractivity contribution in [3.63, 3.8) is 0 Å². The second-order valence-corrected chi connectivity index (χ2v) is 12.2. The van der Waals surface area contributed by atoms with Gasteiger partial charge in [-0.05, 0) is 32.1 Å². The van der Waals surface area contributed by atoms with Crippen LogP contribution in [0.2, 0.25) is 0 Å². The quantitative estimate of drug-likeness (QED) is 0.0519. The minimum atomic E-state index is -1.66. The first kappa shape index (κ1) is 40.9. The molecule has 0 spiro atoms. The zero-order valence-corrected chi connectivity index (χ0v) is 27.1. The first-order chi connectivity index (χ1) is 21.2. The molecule has 1 aliphatic heterocycles. The Bertz CT molecular complexity index is 739. The Morgan fingerprint density at radius 3 is 1.95 bits per heavy atom. The molecule has 0 aromatic carbocycles. The van der Waals surface area contributed by atoms with Crippen LogP contribution in [0.15, 0.2) is 12.2 Å². The van der Waals surface area contributed by atoms with Gasteiger partial charge in [0.1, 0.15) is 36.6 Å². The third-order valence-electron chi connectivity index (χ3n) is 8.30. The average molecular weight is 634 g/mol. The lowest BCUT2D eigenvalue weighted by Gasteiger charge is -2.40. The molecule has 0 radical (unpaired) electrons. The molecule has 0 saturated carbocycles. The Morgan fingerprint density at radius 1 is 0.773 bits per heavy atom. The fourth-order valence-corrected chi connectivity index (χ4v) is 5.33. The van der Waals surface area contributed by atoms with Gasteiger partial charge in [0.05, 0.1) is 25.4 Å². The molecule has 1 saturated heterocycles. The van der Waals surface area contributed by atoms with Gasteiger partial charge in [-0.3, -0.25) is 4.79 Å². The third kappa shape index (κ3) is 16.4. The number of carbonyl (C=O) groups excluding carboxylic acids is 1. The Kier molecular flexibility index (Phi) is 23.2. The highest BCUT2D eigenvalue weighted by Crippen LogP contribution is 2.23. The van der Waals surface area contributed by atoms with E-state index in [4.69, 9.17) is 9.47 Å². The van der Waals surface area contributed by atoms with Crippen molar-refractivity contribution in [2.24, 2.45) is 0 Å². The van der Waals surface area contributed by atoms with Gasteiger partial charge >= 0.3 is 0 Å². The van der Waals surface area contributed by atoms with Crippen molar-refractivity contribution in [1.82, 2.24) is 5.32 Å². The van der Waals surface area contributed by atoms with Gasteiger partial charge < -0.3 is 50.5 Å². The number of allylic oxidation sites excluding steroid dienone is 2. The highest BCUT2D eigenvalue weighted by molar-refractivity contribution is 5.80. The van der Waals surface area contributed by atoms with Gasteiger partial charge in [-0.2, -0.15) is 0 Å². The minimum Gasteiger partial charge on any atom is -0.394 e. The summed E-state index contributed by atoms with van der Waals surface area (Å²) in [7, 11) is 0. The molecule has 44 heavy (non-hydrogen) atoms. The molecule has 0 bridgehead atoms. The van der Waals surface area contributed by atoms with E-state index < -0.39 is 74.2 Å². The normalized spacial score (nSPS) is 25.2. The van der Waals surface area contributed by atoms with E-state index in [0.29, 0.717) is 12.8 Å². The Balaban J connectivity index is 2.62. The molecule has 0 aliphatic carbocycles. The van der Waals surface area contributed by atoms with Crippen molar-refractivity contribution in [2.45, 2.75) is 178 Å². The van der Waals surface area contributed by atoms with E-state index in [1.165, 1.54) is 44.9 Å². The van der Waals surface area contributed by atoms with Crippen molar-refractivity contribution in [2.75, 3.05) is 13.2 Å². The molecule has 0 aromatic heterocycles. The van der Waals surface area contributed by atoms with Gasteiger partial charge in [-0.25, -0.2) is 0 Å². The summed E-state index contributed by atoms with van der Waals surface area (Å²) in [4.78, 5) is 12.9. The van der Waals surface area contributed by atoms with E-state index >= 15 is 0 Å². The molecule has 1 fully saturated rings. The predicted octanol–water partition coefficient (Wildman–Crippen LogP) is 2.60. The standard InChI is InChI=1S/C33H63NO10/c1-3-5-7-9-11-12-13-14-15-17-19-21-26(37)32(42)34-24(28(38)25(36)20-18-16-10-8-6-4-2)23-43-33-31(41)30(40)29(39)27(22-35)44-33/h8,10,24-31,33,35-41H,3-7,9,11-23H2,1-2H3,(H,34,42)/b10-8+. The summed E-state index contributed by atoms with van der Waals surface area (Å²) >= 11 is 0.